The van der Waals surface area contributed by atoms with Gasteiger partial charge in [-0.1, -0.05) is 30.3 Å². The van der Waals surface area contributed by atoms with E-state index in [1.807, 2.05) is 56.0 Å². The summed E-state index contributed by atoms with van der Waals surface area (Å²) in [6, 6.07) is 10.1. The second-order valence-electron chi connectivity index (χ2n) is 5.14. The molecule has 2 rings (SSSR count). The Morgan fingerprint density at radius 3 is 2.55 bits per heavy atom. The van der Waals surface area contributed by atoms with E-state index in [9.17, 15) is 4.79 Å². The molecule has 0 aliphatic carbocycles. The van der Waals surface area contributed by atoms with Gasteiger partial charge in [0.2, 0.25) is 5.91 Å². The first-order chi connectivity index (χ1) is 9.58. The maximum atomic E-state index is 12.4. The van der Waals surface area contributed by atoms with Gasteiger partial charge >= 0.3 is 0 Å². The Morgan fingerprint density at radius 1 is 1.30 bits per heavy atom. The van der Waals surface area contributed by atoms with Crippen molar-refractivity contribution >= 4 is 5.91 Å². The second kappa shape index (κ2) is 6.37. The number of hydrogen-bond donors (Lipinski definition) is 0. The predicted molar refractivity (Wildman–Crippen MR) is 77.1 cm³/mol. The highest BCUT2D eigenvalue weighted by Gasteiger charge is 2.20. The van der Waals surface area contributed by atoms with E-state index in [-0.39, 0.29) is 18.4 Å². The smallest absolute Gasteiger partial charge is 0.230 e. The summed E-state index contributed by atoms with van der Waals surface area (Å²) in [4.78, 5) is 18.3. The Kier molecular flexibility index (Phi) is 4.56. The van der Waals surface area contributed by atoms with Crippen LogP contribution in [0.25, 0.3) is 0 Å². The summed E-state index contributed by atoms with van der Waals surface area (Å²) in [6.07, 6.45) is 1.64. The van der Waals surface area contributed by atoms with Crippen LogP contribution in [-0.2, 0) is 17.8 Å². The zero-order valence-corrected chi connectivity index (χ0v) is 12.2. The molecular formula is C16H20N2O2. The van der Waals surface area contributed by atoms with Crippen LogP contribution in [0.1, 0.15) is 30.9 Å². The van der Waals surface area contributed by atoms with Crippen molar-refractivity contribution in [1.29, 1.82) is 0 Å². The molecule has 4 heteroatoms. The standard InChI is InChI=1S/C16H20N2O2/c1-12(2)18(10-14-7-5-4-6-8-14)16(19)9-15-13(3)17-11-20-15/h4-8,11-12H,9-10H2,1-3H3. The Morgan fingerprint density at radius 2 is 2.00 bits per heavy atom. The van der Waals surface area contributed by atoms with Crippen LogP contribution in [0.4, 0.5) is 0 Å². The van der Waals surface area contributed by atoms with Gasteiger partial charge in [0.15, 0.2) is 6.39 Å². The lowest BCUT2D eigenvalue weighted by Gasteiger charge is -2.26. The minimum absolute atomic E-state index is 0.0590. The van der Waals surface area contributed by atoms with Crippen molar-refractivity contribution in [2.75, 3.05) is 0 Å². The van der Waals surface area contributed by atoms with Crippen molar-refractivity contribution in [2.45, 2.75) is 39.8 Å². The van der Waals surface area contributed by atoms with Gasteiger partial charge in [-0.05, 0) is 26.3 Å². The molecule has 2 aromatic rings. The van der Waals surface area contributed by atoms with Gasteiger partial charge in [-0.2, -0.15) is 0 Å². The van der Waals surface area contributed by atoms with E-state index >= 15 is 0 Å². The van der Waals surface area contributed by atoms with Gasteiger partial charge in [-0.25, -0.2) is 4.98 Å². The monoisotopic (exact) mass is 272 g/mol. The quantitative estimate of drug-likeness (QED) is 0.840. The van der Waals surface area contributed by atoms with E-state index in [0.717, 1.165) is 11.3 Å². The molecule has 0 unspecified atom stereocenters. The summed E-state index contributed by atoms with van der Waals surface area (Å²) in [7, 11) is 0. The predicted octanol–water partition coefficient (Wildman–Crippen LogP) is 2.96. The van der Waals surface area contributed by atoms with Crippen molar-refractivity contribution in [2.24, 2.45) is 0 Å². The molecule has 0 spiro atoms. The highest BCUT2D eigenvalue weighted by Crippen LogP contribution is 2.13. The van der Waals surface area contributed by atoms with E-state index in [1.54, 1.807) is 0 Å². The van der Waals surface area contributed by atoms with Crippen LogP contribution in [0.2, 0.25) is 0 Å². The number of aromatic nitrogens is 1. The van der Waals surface area contributed by atoms with E-state index in [2.05, 4.69) is 4.98 Å². The lowest BCUT2D eigenvalue weighted by molar-refractivity contribution is -0.133. The molecule has 0 N–H and O–H groups in total. The third-order valence-electron chi connectivity index (χ3n) is 3.30. The molecule has 20 heavy (non-hydrogen) atoms. The topological polar surface area (TPSA) is 46.3 Å². The Labute approximate surface area is 119 Å². The Balaban J connectivity index is 2.08. The maximum Gasteiger partial charge on any atom is 0.230 e. The van der Waals surface area contributed by atoms with Crippen molar-refractivity contribution < 1.29 is 9.21 Å². The zero-order valence-electron chi connectivity index (χ0n) is 12.2. The minimum atomic E-state index is 0.0590. The van der Waals surface area contributed by atoms with Gasteiger partial charge in [0.1, 0.15) is 5.76 Å². The highest BCUT2D eigenvalue weighted by molar-refractivity contribution is 5.78. The first kappa shape index (κ1) is 14.3. The van der Waals surface area contributed by atoms with Crippen LogP contribution in [0, 0.1) is 6.92 Å². The fourth-order valence-corrected chi connectivity index (χ4v) is 2.07. The molecule has 0 bridgehead atoms. The number of carbonyl (C=O) groups excluding carboxylic acids is 1. The van der Waals surface area contributed by atoms with E-state index < -0.39 is 0 Å². The van der Waals surface area contributed by atoms with Gasteiger partial charge in [0.05, 0.1) is 12.1 Å². The molecule has 0 fully saturated rings. The number of aryl methyl sites for hydroxylation is 1. The van der Waals surface area contributed by atoms with Gasteiger partial charge < -0.3 is 9.32 Å². The lowest BCUT2D eigenvalue weighted by atomic mass is 10.1. The van der Waals surface area contributed by atoms with Crippen LogP contribution in [0.3, 0.4) is 0 Å². The van der Waals surface area contributed by atoms with Gasteiger partial charge in [-0.15, -0.1) is 0 Å². The molecule has 0 radical (unpaired) electrons. The summed E-state index contributed by atoms with van der Waals surface area (Å²) >= 11 is 0. The van der Waals surface area contributed by atoms with E-state index in [4.69, 9.17) is 4.42 Å². The number of amides is 1. The van der Waals surface area contributed by atoms with Crippen molar-refractivity contribution in [1.82, 2.24) is 9.88 Å². The molecule has 1 aromatic carbocycles. The lowest BCUT2D eigenvalue weighted by Crippen LogP contribution is -2.37. The SMILES string of the molecule is Cc1ncoc1CC(=O)N(Cc1ccccc1)C(C)C. The third-order valence-corrected chi connectivity index (χ3v) is 3.30. The fourth-order valence-electron chi connectivity index (χ4n) is 2.07. The molecule has 1 amide bonds. The average Bonchev–Trinajstić information content (AvgIpc) is 2.82. The normalized spacial score (nSPS) is 10.8. The van der Waals surface area contributed by atoms with Gasteiger partial charge in [0, 0.05) is 12.6 Å². The summed E-state index contributed by atoms with van der Waals surface area (Å²) < 4.78 is 5.26. The van der Waals surface area contributed by atoms with Crippen LogP contribution in [0.5, 0.6) is 0 Å². The van der Waals surface area contributed by atoms with E-state index in [0.29, 0.717) is 12.3 Å². The number of hydrogen-bond acceptors (Lipinski definition) is 3. The average molecular weight is 272 g/mol. The van der Waals surface area contributed by atoms with Gasteiger partial charge in [-0.3, -0.25) is 4.79 Å². The Bertz CT molecular complexity index is 561. The largest absolute Gasteiger partial charge is 0.448 e. The fraction of sp³-hybridized carbons (Fsp3) is 0.375. The van der Waals surface area contributed by atoms with E-state index in [1.165, 1.54) is 6.39 Å². The number of rotatable bonds is 5. The Hall–Kier alpha value is -2.10. The highest BCUT2D eigenvalue weighted by atomic mass is 16.3. The molecule has 1 heterocycles. The van der Waals surface area contributed by atoms with Crippen LogP contribution in [-0.4, -0.2) is 21.8 Å². The van der Waals surface area contributed by atoms with Crippen molar-refractivity contribution in [3.63, 3.8) is 0 Å². The van der Waals surface area contributed by atoms with Crippen molar-refractivity contribution in [3.8, 4) is 0 Å². The van der Waals surface area contributed by atoms with Crippen LogP contribution in [0.15, 0.2) is 41.1 Å². The van der Waals surface area contributed by atoms with Crippen molar-refractivity contribution in [3.05, 3.63) is 53.7 Å². The number of nitrogens with zero attached hydrogens (tertiary/aromatic N) is 2. The number of oxazole rings is 1. The third kappa shape index (κ3) is 3.47. The molecule has 4 nitrogen and oxygen atoms in total. The molecule has 0 atom stereocenters. The van der Waals surface area contributed by atoms with Crippen LogP contribution < -0.4 is 0 Å². The second-order valence-corrected chi connectivity index (χ2v) is 5.14. The molecule has 0 saturated heterocycles. The number of benzene rings is 1. The molecule has 106 valence electrons. The number of carbonyl (C=O) groups is 1. The van der Waals surface area contributed by atoms with Gasteiger partial charge in [0.25, 0.3) is 0 Å². The molecule has 0 aliphatic heterocycles. The van der Waals surface area contributed by atoms with Crippen LogP contribution >= 0.6 is 0 Å². The molecular weight excluding hydrogens is 252 g/mol. The molecule has 0 aliphatic rings. The summed E-state index contributed by atoms with van der Waals surface area (Å²) in [5, 5.41) is 0. The molecule has 1 aromatic heterocycles. The minimum Gasteiger partial charge on any atom is -0.448 e. The first-order valence-corrected chi connectivity index (χ1v) is 6.80. The summed E-state index contributed by atoms with van der Waals surface area (Å²) in [5.41, 5.74) is 1.91. The maximum absolute atomic E-state index is 12.4. The zero-order chi connectivity index (χ0) is 14.5. The summed E-state index contributed by atoms with van der Waals surface area (Å²) in [5.74, 6) is 0.706. The first-order valence-electron chi connectivity index (χ1n) is 6.80. The molecule has 0 saturated carbocycles. The summed E-state index contributed by atoms with van der Waals surface area (Å²) in [6.45, 7) is 6.51.